The number of rotatable bonds is 5. The first-order chi connectivity index (χ1) is 7.79. The lowest BCUT2D eigenvalue weighted by atomic mass is 10.1. The van der Waals surface area contributed by atoms with Gasteiger partial charge in [0.15, 0.2) is 0 Å². The van der Waals surface area contributed by atoms with E-state index in [0.29, 0.717) is 18.8 Å². The molecule has 0 spiro atoms. The number of primary sulfonamides is 1. The maximum atomic E-state index is 10.7. The van der Waals surface area contributed by atoms with Crippen molar-refractivity contribution in [2.75, 3.05) is 12.4 Å². The van der Waals surface area contributed by atoms with Crippen molar-refractivity contribution in [1.82, 2.24) is 0 Å². The predicted octanol–water partition coefficient (Wildman–Crippen LogP) is 2.01. The van der Waals surface area contributed by atoms with E-state index in [1.165, 1.54) is 0 Å². The monoisotopic (exact) mass is 277 g/mol. The number of nitrogens with two attached hydrogens (primary N) is 1. The average molecular weight is 278 g/mol. The number of benzene rings is 1. The second-order valence-corrected chi connectivity index (χ2v) is 6.05. The van der Waals surface area contributed by atoms with Crippen molar-refractivity contribution in [3.05, 3.63) is 28.3 Å². The standard InChI is InChI=1S/C11H16ClNO3S/c1-8-6-10(7-9(2)11(8)12)16-4-3-5-17(13,14)15/h6-7H,3-5H2,1-2H3,(H2,13,14,15). The van der Waals surface area contributed by atoms with Gasteiger partial charge in [-0.2, -0.15) is 0 Å². The Labute approximate surface area is 107 Å². The highest BCUT2D eigenvalue weighted by atomic mass is 35.5. The van der Waals surface area contributed by atoms with Crippen LogP contribution in [0.3, 0.4) is 0 Å². The summed E-state index contributed by atoms with van der Waals surface area (Å²) < 4.78 is 26.8. The second kappa shape index (κ2) is 5.71. The van der Waals surface area contributed by atoms with E-state index in [1.54, 1.807) is 0 Å². The first-order valence-electron chi connectivity index (χ1n) is 5.19. The van der Waals surface area contributed by atoms with Crippen molar-refractivity contribution in [3.8, 4) is 5.75 Å². The quantitative estimate of drug-likeness (QED) is 0.837. The third kappa shape index (κ3) is 4.93. The largest absolute Gasteiger partial charge is 0.494 e. The fourth-order valence-electron chi connectivity index (χ4n) is 1.44. The first kappa shape index (κ1) is 14.3. The Morgan fingerprint density at radius 2 is 1.82 bits per heavy atom. The van der Waals surface area contributed by atoms with Gasteiger partial charge in [-0.15, -0.1) is 0 Å². The van der Waals surface area contributed by atoms with Crippen LogP contribution in [0.1, 0.15) is 17.5 Å². The van der Waals surface area contributed by atoms with Crippen molar-refractivity contribution < 1.29 is 13.2 Å². The number of aryl methyl sites for hydroxylation is 2. The highest BCUT2D eigenvalue weighted by Crippen LogP contribution is 2.25. The Balaban J connectivity index is 2.53. The van der Waals surface area contributed by atoms with E-state index >= 15 is 0 Å². The zero-order valence-electron chi connectivity index (χ0n) is 9.86. The van der Waals surface area contributed by atoms with Crippen LogP contribution in [-0.2, 0) is 10.0 Å². The minimum absolute atomic E-state index is 0.0709. The van der Waals surface area contributed by atoms with Crippen LogP contribution in [0.5, 0.6) is 5.75 Å². The number of hydrogen-bond acceptors (Lipinski definition) is 3. The minimum Gasteiger partial charge on any atom is -0.494 e. The summed E-state index contributed by atoms with van der Waals surface area (Å²) in [6.45, 7) is 4.11. The number of sulfonamides is 1. The van der Waals surface area contributed by atoms with Gasteiger partial charge in [0.25, 0.3) is 0 Å². The molecule has 1 aromatic rings. The van der Waals surface area contributed by atoms with Crippen LogP contribution in [0, 0.1) is 13.8 Å². The number of halogens is 1. The summed E-state index contributed by atoms with van der Waals surface area (Å²) in [6, 6.07) is 3.65. The maximum Gasteiger partial charge on any atom is 0.209 e. The van der Waals surface area contributed by atoms with Gasteiger partial charge in [0.05, 0.1) is 12.4 Å². The summed E-state index contributed by atoms with van der Waals surface area (Å²) in [5, 5.41) is 5.61. The lowest BCUT2D eigenvalue weighted by Gasteiger charge is -2.09. The second-order valence-electron chi connectivity index (χ2n) is 3.94. The zero-order valence-corrected chi connectivity index (χ0v) is 11.4. The molecule has 1 aromatic carbocycles. The molecule has 0 aromatic heterocycles. The minimum atomic E-state index is -3.40. The number of ether oxygens (including phenoxy) is 1. The summed E-state index contributed by atoms with van der Waals surface area (Å²) in [6.07, 6.45) is 0.375. The van der Waals surface area contributed by atoms with Crippen molar-refractivity contribution in [2.24, 2.45) is 5.14 Å². The van der Waals surface area contributed by atoms with Crippen LogP contribution in [0.15, 0.2) is 12.1 Å². The smallest absolute Gasteiger partial charge is 0.209 e. The average Bonchev–Trinajstić information content (AvgIpc) is 2.19. The fourth-order valence-corrected chi connectivity index (χ4v) is 2.07. The van der Waals surface area contributed by atoms with Gasteiger partial charge in [-0.05, 0) is 43.5 Å². The zero-order chi connectivity index (χ0) is 13.1. The predicted molar refractivity (Wildman–Crippen MR) is 69.0 cm³/mol. The van der Waals surface area contributed by atoms with Crippen molar-refractivity contribution in [3.63, 3.8) is 0 Å². The summed E-state index contributed by atoms with van der Waals surface area (Å²) in [7, 11) is -3.40. The van der Waals surface area contributed by atoms with Gasteiger partial charge in [-0.3, -0.25) is 0 Å². The lowest BCUT2D eigenvalue weighted by Crippen LogP contribution is -2.18. The molecule has 96 valence electrons. The summed E-state index contributed by atoms with van der Waals surface area (Å²) in [5.41, 5.74) is 1.88. The molecule has 0 aliphatic carbocycles. The molecule has 0 fully saturated rings. The Bertz CT molecular complexity index is 476. The highest BCUT2D eigenvalue weighted by Gasteiger charge is 2.05. The van der Waals surface area contributed by atoms with Crippen molar-refractivity contribution in [2.45, 2.75) is 20.3 Å². The topological polar surface area (TPSA) is 69.4 Å². The van der Waals surface area contributed by atoms with E-state index in [0.717, 1.165) is 16.1 Å². The van der Waals surface area contributed by atoms with Gasteiger partial charge in [-0.25, -0.2) is 13.6 Å². The van der Waals surface area contributed by atoms with E-state index in [4.69, 9.17) is 21.5 Å². The molecule has 0 saturated carbocycles. The van der Waals surface area contributed by atoms with Gasteiger partial charge in [0.1, 0.15) is 5.75 Å². The number of hydrogen-bond donors (Lipinski definition) is 1. The molecule has 0 unspecified atom stereocenters. The van der Waals surface area contributed by atoms with E-state index in [1.807, 2.05) is 26.0 Å². The summed E-state index contributed by atoms with van der Waals surface area (Å²) >= 11 is 6.02. The SMILES string of the molecule is Cc1cc(OCCCS(N)(=O)=O)cc(C)c1Cl. The van der Waals surface area contributed by atoms with Gasteiger partial charge in [0.2, 0.25) is 10.0 Å². The van der Waals surface area contributed by atoms with Gasteiger partial charge < -0.3 is 4.74 Å². The fraction of sp³-hybridized carbons (Fsp3) is 0.455. The summed E-state index contributed by atoms with van der Waals surface area (Å²) in [4.78, 5) is 0. The van der Waals surface area contributed by atoms with Crippen molar-refractivity contribution >= 4 is 21.6 Å². The molecular formula is C11H16ClNO3S. The van der Waals surface area contributed by atoms with Crippen LogP contribution >= 0.6 is 11.6 Å². The summed E-state index contributed by atoms with van der Waals surface area (Å²) in [5.74, 6) is 0.622. The Kier molecular flexibility index (Phi) is 4.80. The normalized spacial score (nSPS) is 11.5. The molecule has 1 rings (SSSR count). The molecule has 0 amide bonds. The van der Waals surface area contributed by atoms with Crippen LogP contribution in [0.4, 0.5) is 0 Å². The van der Waals surface area contributed by atoms with E-state index in [2.05, 4.69) is 0 Å². The molecule has 2 N–H and O–H groups in total. The van der Waals surface area contributed by atoms with E-state index in [-0.39, 0.29) is 5.75 Å². The van der Waals surface area contributed by atoms with E-state index in [9.17, 15) is 8.42 Å². The van der Waals surface area contributed by atoms with Crippen molar-refractivity contribution in [1.29, 1.82) is 0 Å². The molecule has 0 radical (unpaired) electrons. The highest BCUT2D eigenvalue weighted by molar-refractivity contribution is 7.89. The molecule has 0 aliphatic heterocycles. The van der Waals surface area contributed by atoms with Crippen LogP contribution in [0.25, 0.3) is 0 Å². The molecule has 6 heteroatoms. The lowest BCUT2D eigenvalue weighted by molar-refractivity contribution is 0.317. The molecule has 17 heavy (non-hydrogen) atoms. The van der Waals surface area contributed by atoms with Gasteiger partial charge in [0, 0.05) is 5.02 Å². The van der Waals surface area contributed by atoms with E-state index < -0.39 is 10.0 Å². The van der Waals surface area contributed by atoms with Gasteiger partial charge in [-0.1, -0.05) is 11.6 Å². The molecule has 0 aliphatic rings. The molecule has 0 saturated heterocycles. The maximum absolute atomic E-state index is 10.7. The van der Waals surface area contributed by atoms with Crippen LogP contribution in [-0.4, -0.2) is 20.8 Å². The molecule has 0 atom stereocenters. The van der Waals surface area contributed by atoms with Crippen LogP contribution in [0.2, 0.25) is 5.02 Å². The molecule has 4 nitrogen and oxygen atoms in total. The molecular weight excluding hydrogens is 262 g/mol. The van der Waals surface area contributed by atoms with Gasteiger partial charge >= 0.3 is 0 Å². The Hall–Kier alpha value is -0.780. The third-order valence-corrected chi connectivity index (χ3v) is 3.71. The third-order valence-electron chi connectivity index (χ3n) is 2.25. The van der Waals surface area contributed by atoms with Crippen LogP contribution < -0.4 is 9.88 Å². The first-order valence-corrected chi connectivity index (χ1v) is 7.29. The molecule has 0 heterocycles. The Morgan fingerprint density at radius 1 is 1.29 bits per heavy atom. The molecule has 0 bridgehead atoms. The Morgan fingerprint density at radius 3 is 2.29 bits per heavy atom.